The van der Waals surface area contributed by atoms with Gasteiger partial charge in [0.15, 0.2) is 5.13 Å². The third kappa shape index (κ3) is 6.87. The molecule has 0 bridgehead atoms. The minimum Gasteiger partial charge on any atom is -0.406 e. The molecule has 0 saturated carbocycles. The van der Waals surface area contributed by atoms with Crippen LogP contribution in [0.15, 0.2) is 82.4 Å². The lowest BCUT2D eigenvalue weighted by Gasteiger charge is -2.23. The second kappa shape index (κ2) is 11.8. The topological polar surface area (TPSA) is 129 Å². The van der Waals surface area contributed by atoms with Crippen molar-refractivity contribution in [3.63, 3.8) is 0 Å². The molecule has 41 heavy (non-hydrogen) atoms. The Kier molecular flexibility index (Phi) is 7.97. The number of carbonyl (C=O) groups excluding carboxylic acids is 1. The van der Waals surface area contributed by atoms with Gasteiger partial charge in [-0.2, -0.15) is 5.53 Å². The monoisotopic (exact) mass is 579 g/mol. The number of rotatable bonds is 8. The van der Waals surface area contributed by atoms with Crippen molar-refractivity contribution >= 4 is 34.0 Å². The molecule has 0 atom stereocenters. The van der Waals surface area contributed by atoms with Crippen molar-refractivity contribution in [2.75, 3.05) is 4.90 Å². The molecule has 1 heterocycles. The highest BCUT2D eigenvalue weighted by atomic mass is 32.1. The number of nitrogens with one attached hydrogen (secondary N) is 2. The molecule has 0 radical (unpaired) electrons. The summed E-state index contributed by atoms with van der Waals surface area (Å²) in [6.07, 6.45) is -1.58. The molecule has 1 aliphatic carbocycles. The van der Waals surface area contributed by atoms with Crippen LogP contribution in [0.25, 0.3) is 11.3 Å². The first kappa shape index (κ1) is 27.8. The van der Waals surface area contributed by atoms with E-state index >= 15 is 0 Å². The molecule has 3 aromatic carbocycles. The predicted octanol–water partition coefficient (Wildman–Crippen LogP) is 6.53. The Morgan fingerprint density at radius 2 is 1.80 bits per heavy atom. The van der Waals surface area contributed by atoms with Gasteiger partial charge in [-0.15, -0.1) is 24.5 Å². The highest BCUT2D eigenvalue weighted by molar-refractivity contribution is 7.14. The SMILES string of the molecule is N=N/N=C(\N)NC(=O)c1ccc(CN(c2ccc3c(c2)CCC3)c2nc(-c3ccc(OC(F)(F)F)cc3)cs2)cc1. The molecule has 9 nitrogen and oxygen atoms in total. The van der Waals surface area contributed by atoms with Crippen molar-refractivity contribution in [3.8, 4) is 17.0 Å². The Bertz CT molecular complexity index is 1590. The second-order valence-corrected chi connectivity index (χ2v) is 10.1. The first-order valence-electron chi connectivity index (χ1n) is 12.5. The summed E-state index contributed by atoms with van der Waals surface area (Å²) < 4.78 is 41.6. The molecule has 0 spiro atoms. The third-order valence-corrected chi connectivity index (χ3v) is 7.32. The van der Waals surface area contributed by atoms with Crippen molar-refractivity contribution in [3.05, 3.63) is 94.4 Å². The largest absolute Gasteiger partial charge is 0.573 e. The highest BCUT2D eigenvalue weighted by Crippen LogP contribution is 2.36. The van der Waals surface area contributed by atoms with Crippen LogP contribution in [0.4, 0.5) is 24.0 Å². The van der Waals surface area contributed by atoms with Crippen molar-refractivity contribution in [2.24, 2.45) is 16.1 Å². The van der Waals surface area contributed by atoms with E-state index in [1.807, 2.05) is 17.5 Å². The Morgan fingerprint density at radius 1 is 1.07 bits per heavy atom. The fourth-order valence-corrected chi connectivity index (χ4v) is 5.41. The molecule has 0 fully saturated rings. The molecule has 13 heteroatoms. The van der Waals surface area contributed by atoms with E-state index in [4.69, 9.17) is 16.2 Å². The van der Waals surface area contributed by atoms with Gasteiger partial charge in [-0.25, -0.2) is 4.98 Å². The smallest absolute Gasteiger partial charge is 0.406 e. The first-order valence-corrected chi connectivity index (χ1v) is 13.4. The van der Waals surface area contributed by atoms with Gasteiger partial charge in [-0.1, -0.05) is 23.3 Å². The van der Waals surface area contributed by atoms with E-state index in [1.54, 1.807) is 24.3 Å². The van der Waals surface area contributed by atoms with E-state index < -0.39 is 12.3 Å². The molecule has 210 valence electrons. The van der Waals surface area contributed by atoms with E-state index in [9.17, 15) is 18.0 Å². The van der Waals surface area contributed by atoms with Gasteiger partial charge in [-0.05, 0) is 89.7 Å². The standard InChI is InChI=1S/C28H24F3N7O2S/c29-28(30,31)40-23-12-9-19(10-13-23)24-16-41-27(34-24)38(22-11-8-18-2-1-3-21(18)14-22)15-17-4-6-20(7-5-17)25(39)35-26(32)36-37-33/h4-14,16H,1-3,15H2,(H4,32,33,35,36,39). The van der Waals surface area contributed by atoms with Crippen LogP contribution in [0.5, 0.6) is 5.75 Å². The van der Waals surface area contributed by atoms with Gasteiger partial charge >= 0.3 is 6.36 Å². The Morgan fingerprint density at radius 3 is 2.51 bits per heavy atom. The zero-order chi connectivity index (χ0) is 29.0. The fourth-order valence-electron chi connectivity index (χ4n) is 4.56. The molecular formula is C28H24F3N7O2S. The molecule has 4 N–H and O–H groups in total. The number of hydrogen-bond donors (Lipinski definition) is 3. The quantitative estimate of drug-likeness (QED) is 0.0947. The van der Waals surface area contributed by atoms with E-state index in [0.717, 1.165) is 30.5 Å². The number of nitrogens with two attached hydrogens (primary N) is 1. The Balaban J connectivity index is 1.40. The number of benzene rings is 3. The van der Waals surface area contributed by atoms with Gasteiger partial charge in [0, 0.05) is 22.2 Å². The predicted molar refractivity (Wildman–Crippen MR) is 149 cm³/mol. The number of guanidine groups is 1. The normalized spacial score (nSPS) is 13.0. The molecule has 0 unspecified atom stereocenters. The first-order chi connectivity index (χ1) is 19.7. The lowest BCUT2D eigenvalue weighted by molar-refractivity contribution is -0.274. The maximum atomic E-state index is 12.5. The number of ether oxygens (including phenoxy) is 1. The number of anilines is 2. The number of aromatic nitrogens is 1. The molecule has 4 aromatic rings. The zero-order valence-corrected chi connectivity index (χ0v) is 22.3. The number of hydrogen-bond acceptors (Lipinski definition) is 7. The van der Waals surface area contributed by atoms with Crippen LogP contribution in [0.1, 0.15) is 33.5 Å². The van der Waals surface area contributed by atoms with Crippen LogP contribution < -0.4 is 20.7 Å². The van der Waals surface area contributed by atoms with Crippen LogP contribution in [0, 0.1) is 5.53 Å². The summed E-state index contributed by atoms with van der Waals surface area (Å²) in [4.78, 5) is 19.3. The van der Waals surface area contributed by atoms with E-state index in [1.165, 1.54) is 34.6 Å². The number of fused-ring (bicyclic) bond motifs is 1. The highest BCUT2D eigenvalue weighted by Gasteiger charge is 2.31. The third-order valence-electron chi connectivity index (χ3n) is 6.46. The summed E-state index contributed by atoms with van der Waals surface area (Å²) in [5.41, 5.74) is 18.4. The van der Waals surface area contributed by atoms with Crippen molar-refractivity contribution in [2.45, 2.75) is 32.2 Å². The summed E-state index contributed by atoms with van der Waals surface area (Å²) in [5.74, 6) is -1.05. The fraction of sp³-hybridized carbons (Fsp3) is 0.179. The van der Waals surface area contributed by atoms with Gasteiger partial charge < -0.3 is 15.4 Å². The zero-order valence-electron chi connectivity index (χ0n) is 21.5. The lowest BCUT2D eigenvalue weighted by atomic mass is 10.1. The van der Waals surface area contributed by atoms with Crippen LogP contribution in [0.3, 0.4) is 0 Å². The number of thiazole rings is 1. The molecule has 0 saturated heterocycles. The number of halogens is 3. The summed E-state index contributed by atoms with van der Waals surface area (Å²) in [6.45, 7) is 0.452. The Labute approximate surface area is 237 Å². The maximum absolute atomic E-state index is 12.5. The second-order valence-electron chi connectivity index (χ2n) is 9.22. The summed E-state index contributed by atoms with van der Waals surface area (Å²) in [5, 5.41) is 11.0. The summed E-state index contributed by atoms with van der Waals surface area (Å²) >= 11 is 1.42. The van der Waals surface area contributed by atoms with Crippen molar-refractivity contribution in [1.29, 1.82) is 5.53 Å². The van der Waals surface area contributed by atoms with Crippen LogP contribution >= 0.6 is 11.3 Å². The van der Waals surface area contributed by atoms with Gasteiger partial charge in [0.25, 0.3) is 5.91 Å². The van der Waals surface area contributed by atoms with Gasteiger partial charge in [0.2, 0.25) is 5.96 Å². The minimum atomic E-state index is -4.76. The number of amides is 1. The molecular weight excluding hydrogens is 555 g/mol. The van der Waals surface area contributed by atoms with Gasteiger partial charge in [0.1, 0.15) is 5.75 Å². The van der Waals surface area contributed by atoms with E-state index in [2.05, 4.69) is 43.5 Å². The summed E-state index contributed by atoms with van der Waals surface area (Å²) in [6, 6.07) is 19.0. The molecule has 5 rings (SSSR count). The summed E-state index contributed by atoms with van der Waals surface area (Å²) in [7, 11) is 0. The molecule has 0 aliphatic heterocycles. The van der Waals surface area contributed by atoms with Gasteiger partial charge in [0.05, 0.1) is 12.2 Å². The van der Waals surface area contributed by atoms with E-state index in [0.29, 0.717) is 28.5 Å². The van der Waals surface area contributed by atoms with Crippen LogP contribution in [0.2, 0.25) is 0 Å². The van der Waals surface area contributed by atoms with E-state index in [-0.39, 0.29) is 11.7 Å². The number of alkyl halides is 3. The average molecular weight is 580 g/mol. The number of carbonyl (C=O) groups is 1. The Hall–Kier alpha value is -4.78. The molecule has 1 aromatic heterocycles. The van der Waals surface area contributed by atoms with Crippen LogP contribution in [-0.4, -0.2) is 23.2 Å². The minimum absolute atomic E-state index is 0.279. The molecule has 1 amide bonds. The van der Waals surface area contributed by atoms with Crippen molar-refractivity contribution < 1.29 is 22.7 Å². The van der Waals surface area contributed by atoms with Crippen molar-refractivity contribution in [1.82, 2.24) is 10.3 Å². The van der Waals surface area contributed by atoms with Crippen LogP contribution in [-0.2, 0) is 19.4 Å². The lowest BCUT2D eigenvalue weighted by Crippen LogP contribution is -2.36. The maximum Gasteiger partial charge on any atom is 0.573 e. The van der Waals surface area contributed by atoms with Gasteiger partial charge in [-0.3, -0.25) is 10.1 Å². The number of nitrogens with zero attached hydrogens (tertiary/aromatic N) is 4. The number of aryl methyl sites for hydroxylation is 2. The average Bonchev–Trinajstić information content (AvgIpc) is 3.61. The molecule has 1 aliphatic rings.